The van der Waals surface area contributed by atoms with Crippen LogP contribution in [-0.2, 0) is 22.7 Å². The second-order valence-electron chi connectivity index (χ2n) is 5.42. The van der Waals surface area contributed by atoms with E-state index in [0.29, 0.717) is 17.1 Å². The Morgan fingerprint density at radius 2 is 2.24 bits per heavy atom. The van der Waals surface area contributed by atoms with E-state index in [0.717, 1.165) is 4.68 Å². The molecule has 25 heavy (non-hydrogen) atoms. The average Bonchev–Trinajstić information content (AvgIpc) is 3.00. The van der Waals surface area contributed by atoms with E-state index in [9.17, 15) is 14.4 Å². The first-order valence-electron chi connectivity index (χ1n) is 7.43. The van der Waals surface area contributed by atoms with Crippen molar-refractivity contribution in [2.24, 2.45) is 0 Å². The summed E-state index contributed by atoms with van der Waals surface area (Å²) < 4.78 is 6.69. The van der Waals surface area contributed by atoms with Gasteiger partial charge in [-0.25, -0.2) is 4.68 Å². The highest BCUT2D eigenvalue weighted by molar-refractivity contribution is 6.03. The number of benzene rings is 1. The molecule has 2 amide bonds. The third kappa shape index (κ3) is 3.57. The number of ether oxygens (including phenoxy) is 1. The Balaban J connectivity index is 1.70. The van der Waals surface area contributed by atoms with Gasteiger partial charge in [0, 0.05) is 0 Å². The molecule has 1 atom stereocenters. The number of amides is 2. The first kappa shape index (κ1) is 16.4. The number of nitrogens with one attached hydrogen (secondary N) is 2. The summed E-state index contributed by atoms with van der Waals surface area (Å²) in [6, 6.07) is 4.86. The summed E-state index contributed by atoms with van der Waals surface area (Å²) in [5, 5.41) is 21.5. The smallest absolute Gasteiger partial charge is 0.325 e. The van der Waals surface area contributed by atoms with Crippen molar-refractivity contribution in [2.45, 2.75) is 26.1 Å². The van der Waals surface area contributed by atoms with Crippen LogP contribution >= 0.6 is 0 Å². The molecule has 10 heteroatoms. The van der Waals surface area contributed by atoms with Gasteiger partial charge in [-0.05, 0) is 19.1 Å². The largest absolute Gasteiger partial charge is 0.480 e. The van der Waals surface area contributed by atoms with Gasteiger partial charge in [-0.15, -0.1) is 5.10 Å². The number of hydrogen-bond acceptors (Lipinski definition) is 6. The van der Waals surface area contributed by atoms with E-state index in [1.165, 1.54) is 6.20 Å². The monoisotopic (exact) mass is 345 g/mol. The summed E-state index contributed by atoms with van der Waals surface area (Å²) in [6.45, 7) is 1.36. The van der Waals surface area contributed by atoms with Gasteiger partial charge in [0.2, 0.25) is 0 Å². The van der Waals surface area contributed by atoms with E-state index in [2.05, 4.69) is 20.9 Å². The summed E-state index contributed by atoms with van der Waals surface area (Å²) in [5.74, 6) is -1.42. The first-order valence-corrected chi connectivity index (χ1v) is 7.43. The van der Waals surface area contributed by atoms with Crippen molar-refractivity contribution >= 4 is 23.5 Å². The van der Waals surface area contributed by atoms with Gasteiger partial charge in [-0.3, -0.25) is 14.4 Å². The number of para-hydroxylation sites is 1. The molecule has 2 heterocycles. The Hall–Kier alpha value is -3.43. The molecule has 1 aliphatic heterocycles. The fourth-order valence-corrected chi connectivity index (χ4v) is 2.31. The number of fused-ring (bicyclic) bond motifs is 1. The second kappa shape index (κ2) is 6.59. The highest BCUT2D eigenvalue weighted by Gasteiger charge is 2.27. The number of carbonyl (C=O) groups is 3. The SMILES string of the molecule is CC1Oc2c(cccc2C(=O)NCc2cn(CC(=O)O)nn2)NC1=O. The molecule has 0 bridgehead atoms. The molecule has 1 aliphatic rings. The minimum absolute atomic E-state index is 0.0734. The van der Waals surface area contributed by atoms with Crippen LogP contribution in [0, 0.1) is 0 Å². The van der Waals surface area contributed by atoms with Crippen LogP contribution in [0.2, 0.25) is 0 Å². The molecule has 10 nitrogen and oxygen atoms in total. The summed E-state index contributed by atoms with van der Waals surface area (Å²) >= 11 is 0. The Labute approximate surface area is 141 Å². The van der Waals surface area contributed by atoms with Crippen LogP contribution in [0.15, 0.2) is 24.4 Å². The lowest BCUT2D eigenvalue weighted by Gasteiger charge is -2.24. The van der Waals surface area contributed by atoms with Gasteiger partial charge in [0.25, 0.3) is 11.8 Å². The molecule has 3 rings (SSSR count). The van der Waals surface area contributed by atoms with Crippen LogP contribution in [0.25, 0.3) is 0 Å². The molecular weight excluding hydrogens is 330 g/mol. The molecule has 0 fully saturated rings. The Bertz CT molecular complexity index is 847. The zero-order valence-corrected chi connectivity index (χ0v) is 13.2. The van der Waals surface area contributed by atoms with E-state index in [1.54, 1.807) is 25.1 Å². The van der Waals surface area contributed by atoms with Crippen LogP contribution < -0.4 is 15.4 Å². The number of nitrogens with zero attached hydrogens (tertiary/aromatic N) is 3. The lowest BCUT2D eigenvalue weighted by atomic mass is 10.1. The van der Waals surface area contributed by atoms with Crippen molar-refractivity contribution in [2.75, 3.05) is 5.32 Å². The van der Waals surface area contributed by atoms with Crippen LogP contribution in [0.3, 0.4) is 0 Å². The summed E-state index contributed by atoms with van der Waals surface area (Å²) in [6.07, 6.45) is 0.741. The van der Waals surface area contributed by atoms with Gasteiger partial charge in [0.15, 0.2) is 11.9 Å². The minimum atomic E-state index is -1.04. The Kier molecular flexibility index (Phi) is 4.33. The lowest BCUT2D eigenvalue weighted by Crippen LogP contribution is -2.35. The quantitative estimate of drug-likeness (QED) is 0.694. The second-order valence-corrected chi connectivity index (χ2v) is 5.42. The van der Waals surface area contributed by atoms with Crippen LogP contribution in [-0.4, -0.2) is 44.0 Å². The number of carboxylic acid groups (broad SMARTS) is 1. The van der Waals surface area contributed by atoms with E-state index in [1.807, 2.05) is 0 Å². The molecule has 0 saturated carbocycles. The standard InChI is InChI=1S/C15H15N5O5/c1-8-14(23)17-11-4-2-3-10(13(11)25-8)15(24)16-5-9-6-20(19-18-9)7-12(21)22/h2-4,6,8H,5,7H2,1H3,(H,16,24)(H,17,23)(H,21,22). The first-order chi connectivity index (χ1) is 11.9. The van der Waals surface area contributed by atoms with Gasteiger partial charge in [-0.1, -0.05) is 11.3 Å². The van der Waals surface area contributed by atoms with Gasteiger partial charge in [0.1, 0.15) is 12.2 Å². The van der Waals surface area contributed by atoms with Gasteiger partial charge in [0.05, 0.1) is 24.0 Å². The van der Waals surface area contributed by atoms with Crippen molar-refractivity contribution in [3.05, 3.63) is 35.7 Å². The number of hydrogen-bond donors (Lipinski definition) is 3. The van der Waals surface area contributed by atoms with Crippen LogP contribution in [0.4, 0.5) is 5.69 Å². The van der Waals surface area contributed by atoms with Crippen LogP contribution in [0.1, 0.15) is 23.0 Å². The Morgan fingerprint density at radius 1 is 1.44 bits per heavy atom. The minimum Gasteiger partial charge on any atom is -0.480 e. The highest BCUT2D eigenvalue weighted by Crippen LogP contribution is 2.33. The van der Waals surface area contributed by atoms with Gasteiger partial charge < -0.3 is 20.5 Å². The fraction of sp³-hybridized carbons (Fsp3) is 0.267. The molecule has 0 spiro atoms. The van der Waals surface area contributed by atoms with Crippen molar-refractivity contribution in [3.8, 4) is 5.75 Å². The van der Waals surface area contributed by atoms with E-state index in [-0.39, 0.29) is 24.6 Å². The van der Waals surface area contributed by atoms with Crippen molar-refractivity contribution in [1.29, 1.82) is 0 Å². The topological polar surface area (TPSA) is 135 Å². The Morgan fingerprint density at radius 3 is 3.00 bits per heavy atom. The molecule has 2 aromatic rings. The zero-order valence-electron chi connectivity index (χ0n) is 13.2. The van der Waals surface area contributed by atoms with Gasteiger partial charge in [-0.2, -0.15) is 0 Å². The molecule has 1 aromatic carbocycles. The third-order valence-corrected chi connectivity index (χ3v) is 3.49. The molecule has 3 N–H and O–H groups in total. The maximum absolute atomic E-state index is 12.4. The number of aromatic nitrogens is 3. The molecule has 1 aromatic heterocycles. The normalized spacial score (nSPS) is 15.7. The molecule has 0 saturated heterocycles. The summed E-state index contributed by atoms with van der Waals surface area (Å²) in [7, 11) is 0. The maximum atomic E-state index is 12.4. The average molecular weight is 345 g/mol. The highest BCUT2D eigenvalue weighted by atomic mass is 16.5. The number of anilines is 1. The molecule has 1 unspecified atom stereocenters. The fourth-order valence-electron chi connectivity index (χ4n) is 2.31. The molecule has 0 radical (unpaired) electrons. The predicted octanol–water partition coefficient (Wildman–Crippen LogP) is 0.0121. The number of rotatable bonds is 5. The van der Waals surface area contributed by atoms with Crippen molar-refractivity contribution < 1.29 is 24.2 Å². The molecular formula is C15H15N5O5. The number of aliphatic carboxylic acids is 1. The molecule has 0 aliphatic carbocycles. The summed E-state index contributed by atoms with van der Waals surface area (Å²) in [5.41, 5.74) is 1.13. The zero-order chi connectivity index (χ0) is 18.0. The van der Waals surface area contributed by atoms with Crippen molar-refractivity contribution in [1.82, 2.24) is 20.3 Å². The predicted molar refractivity (Wildman–Crippen MR) is 84.0 cm³/mol. The maximum Gasteiger partial charge on any atom is 0.325 e. The van der Waals surface area contributed by atoms with Crippen LogP contribution in [0.5, 0.6) is 5.75 Å². The van der Waals surface area contributed by atoms with Gasteiger partial charge >= 0.3 is 5.97 Å². The van der Waals surface area contributed by atoms with Crippen molar-refractivity contribution in [3.63, 3.8) is 0 Å². The summed E-state index contributed by atoms with van der Waals surface area (Å²) in [4.78, 5) is 34.7. The number of carboxylic acids is 1. The number of carbonyl (C=O) groups excluding carboxylic acids is 2. The van der Waals surface area contributed by atoms with E-state index in [4.69, 9.17) is 9.84 Å². The third-order valence-electron chi connectivity index (χ3n) is 3.49. The lowest BCUT2D eigenvalue weighted by molar-refractivity contribution is -0.137. The molecule has 130 valence electrons. The van der Waals surface area contributed by atoms with E-state index >= 15 is 0 Å². The van der Waals surface area contributed by atoms with E-state index < -0.39 is 18.0 Å².